The third kappa shape index (κ3) is 4.57. The second-order valence-corrected chi connectivity index (χ2v) is 10.2. The fourth-order valence-corrected chi connectivity index (χ4v) is 5.86. The Kier molecular flexibility index (Phi) is 6.52. The molecule has 0 saturated carbocycles. The average Bonchev–Trinajstić information content (AvgIpc) is 3.04. The zero-order chi connectivity index (χ0) is 22.8. The number of amides is 2. The Labute approximate surface area is 196 Å². The first-order valence-corrected chi connectivity index (χ1v) is 12.9. The fraction of sp³-hybridized carbons (Fsp3) is 0.593. The molecule has 1 unspecified atom stereocenters. The van der Waals surface area contributed by atoms with Crippen LogP contribution in [0.5, 0.6) is 0 Å². The quantitative estimate of drug-likeness (QED) is 0.660. The number of hydrogen-bond donors (Lipinski definition) is 0. The van der Waals surface area contributed by atoms with Crippen molar-refractivity contribution >= 4 is 11.8 Å². The van der Waals surface area contributed by atoms with Crippen molar-refractivity contribution in [1.82, 2.24) is 19.6 Å². The van der Waals surface area contributed by atoms with Gasteiger partial charge in [-0.2, -0.15) is 5.10 Å². The van der Waals surface area contributed by atoms with E-state index < -0.39 is 0 Å². The molecule has 5 rings (SSSR count). The Morgan fingerprint density at radius 3 is 2.39 bits per heavy atom. The normalized spacial score (nSPS) is 22.0. The molecule has 0 spiro atoms. The molecule has 176 valence electrons. The van der Waals surface area contributed by atoms with E-state index in [0.717, 1.165) is 69.3 Å². The topological polar surface area (TPSA) is 58.4 Å². The van der Waals surface area contributed by atoms with E-state index in [-0.39, 0.29) is 11.8 Å². The molecule has 6 nitrogen and oxygen atoms in total. The van der Waals surface area contributed by atoms with Crippen molar-refractivity contribution in [3.8, 4) is 5.69 Å². The highest BCUT2D eigenvalue weighted by atomic mass is 16.2. The van der Waals surface area contributed by atoms with Crippen LogP contribution < -0.4 is 0 Å². The minimum absolute atomic E-state index is 0.0420. The maximum atomic E-state index is 13.6. The van der Waals surface area contributed by atoms with Crippen molar-refractivity contribution in [2.75, 3.05) is 26.2 Å². The van der Waals surface area contributed by atoms with Gasteiger partial charge in [-0.15, -0.1) is 0 Å². The maximum Gasteiger partial charge on any atom is 0.274 e. The highest BCUT2D eigenvalue weighted by Crippen LogP contribution is 2.29. The summed E-state index contributed by atoms with van der Waals surface area (Å²) >= 11 is 0. The standard InChI is InChI=1S/C27H36N4O2/c1-20-9-8-16-30(19-20)26(32)21-14-17-29(18-15-21)27(33)25-23-12-6-3-7-13-24(23)31(28-25)22-10-4-2-5-11-22/h2,4-5,10-11,20-21H,3,6-9,12-19H2,1H3. The largest absolute Gasteiger partial charge is 0.342 e. The summed E-state index contributed by atoms with van der Waals surface area (Å²) in [5.41, 5.74) is 3.99. The van der Waals surface area contributed by atoms with E-state index >= 15 is 0 Å². The van der Waals surface area contributed by atoms with Crippen LogP contribution in [-0.4, -0.2) is 57.6 Å². The van der Waals surface area contributed by atoms with Crippen LogP contribution in [0, 0.1) is 11.8 Å². The van der Waals surface area contributed by atoms with E-state index in [2.05, 4.69) is 24.0 Å². The number of piperidine rings is 2. The average molecular weight is 449 g/mol. The molecule has 0 N–H and O–H groups in total. The molecule has 6 heteroatoms. The molecule has 0 radical (unpaired) electrons. The van der Waals surface area contributed by atoms with Crippen LogP contribution in [0.1, 0.15) is 73.6 Å². The number of nitrogens with zero attached hydrogens (tertiary/aromatic N) is 4. The summed E-state index contributed by atoms with van der Waals surface area (Å²) in [5.74, 6) is 0.994. The molecule has 3 heterocycles. The van der Waals surface area contributed by atoms with E-state index in [4.69, 9.17) is 5.10 Å². The first kappa shape index (κ1) is 22.2. The van der Waals surface area contributed by atoms with Gasteiger partial charge in [0, 0.05) is 43.4 Å². The molecule has 0 bridgehead atoms. The number of benzene rings is 1. The predicted molar refractivity (Wildman–Crippen MR) is 128 cm³/mol. The minimum atomic E-state index is 0.0420. The zero-order valence-corrected chi connectivity index (χ0v) is 19.8. The summed E-state index contributed by atoms with van der Waals surface area (Å²) in [4.78, 5) is 30.6. The molecule has 2 amide bonds. The molecule has 1 aliphatic carbocycles. The van der Waals surface area contributed by atoms with E-state index in [1.165, 1.54) is 18.5 Å². The zero-order valence-electron chi connectivity index (χ0n) is 19.8. The summed E-state index contributed by atoms with van der Waals surface area (Å²) in [6, 6.07) is 10.2. The Morgan fingerprint density at radius 1 is 0.879 bits per heavy atom. The molecule has 2 aliphatic heterocycles. The number of likely N-dealkylation sites (tertiary alicyclic amines) is 2. The van der Waals surface area contributed by atoms with E-state index in [1.807, 2.05) is 27.8 Å². The van der Waals surface area contributed by atoms with Gasteiger partial charge in [0.2, 0.25) is 5.91 Å². The van der Waals surface area contributed by atoms with Crippen LogP contribution in [0.15, 0.2) is 30.3 Å². The monoisotopic (exact) mass is 448 g/mol. The van der Waals surface area contributed by atoms with Crippen LogP contribution in [0.3, 0.4) is 0 Å². The van der Waals surface area contributed by atoms with Crippen molar-refractivity contribution < 1.29 is 9.59 Å². The van der Waals surface area contributed by atoms with E-state index in [1.54, 1.807) is 0 Å². The van der Waals surface area contributed by atoms with Crippen LogP contribution in [0.25, 0.3) is 5.69 Å². The third-order valence-corrected chi connectivity index (χ3v) is 7.73. The molecule has 33 heavy (non-hydrogen) atoms. The van der Waals surface area contributed by atoms with Gasteiger partial charge < -0.3 is 9.80 Å². The van der Waals surface area contributed by atoms with Crippen LogP contribution >= 0.6 is 0 Å². The molecule has 3 aliphatic rings. The van der Waals surface area contributed by atoms with Crippen molar-refractivity contribution in [1.29, 1.82) is 0 Å². The van der Waals surface area contributed by atoms with Crippen molar-refractivity contribution in [2.24, 2.45) is 11.8 Å². The summed E-state index contributed by atoms with van der Waals surface area (Å²) < 4.78 is 2.00. The third-order valence-electron chi connectivity index (χ3n) is 7.73. The Bertz CT molecular complexity index is 991. The lowest BCUT2D eigenvalue weighted by molar-refractivity contribution is -0.138. The van der Waals surface area contributed by atoms with Gasteiger partial charge in [-0.3, -0.25) is 9.59 Å². The van der Waals surface area contributed by atoms with Gasteiger partial charge in [0.25, 0.3) is 5.91 Å². The van der Waals surface area contributed by atoms with Crippen LogP contribution in [-0.2, 0) is 17.6 Å². The SMILES string of the molecule is CC1CCCN(C(=O)C2CCN(C(=O)c3nn(-c4ccccc4)c4c3CCCCC4)CC2)C1. The van der Waals surface area contributed by atoms with Crippen molar-refractivity contribution in [3.63, 3.8) is 0 Å². The Hall–Kier alpha value is -2.63. The lowest BCUT2D eigenvalue weighted by Crippen LogP contribution is -2.47. The molecular weight excluding hydrogens is 412 g/mol. The Morgan fingerprint density at radius 2 is 1.64 bits per heavy atom. The summed E-state index contributed by atoms with van der Waals surface area (Å²) in [5, 5.41) is 4.87. The second kappa shape index (κ2) is 9.70. The smallest absolute Gasteiger partial charge is 0.274 e. The van der Waals surface area contributed by atoms with Gasteiger partial charge in [-0.25, -0.2) is 4.68 Å². The molecule has 1 atom stereocenters. The van der Waals surface area contributed by atoms with Crippen molar-refractivity contribution in [2.45, 2.75) is 64.7 Å². The summed E-state index contributed by atoms with van der Waals surface area (Å²) in [6.07, 6.45) is 9.19. The van der Waals surface area contributed by atoms with Crippen molar-refractivity contribution in [3.05, 3.63) is 47.3 Å². The van der Waals surface area contributed by atoms with Gasteiger partial charge in [0.15, 0.2) is 5.69 Å². The molecule has 2 saturated heterocycles. The van der Waals surface area contributed by atoms with Gasteiger partial charge in [0.05, 0.1) is 5.69 Å². The minimum Gasteiger partial charge on any atom is -0.342 e. The van der Waals surface area contributed by atoms with Gasteiger partial charge in [-0.05, 0) is 69.4 Å². The first-order valence-electron chi connectivity index (χ1n) is 12.9. The number of carbonyl (C=O) groups is 2. The molecular formula is C27H36N4O2. The van der Waals surface area contributed by atoms with E-state index in [9.17, 15) is 9.59 Å². The number of carbonyl (C=O) groups excluding carboxylic acids is 2. The van der Waals surface area contributed by atoms with Gasteiger partial charge in [0.1, 0.15) is 0 Å². The molecule has 2 fully saturated rings. The van der Waals surface area contributed by atoms with Crippen LogP contribution in [0.2, 0.25) is 0 Å². The number of aromatic nitrogens is 2. The molecule has 2 aromatic rings. The highest BCUT2D eigenvalue weighted by molar-refractivity contribution is 5.94. The first-order chi connectivity index (χ1) is 16.1. The highest BCUT2D eigenvalue weighted by Gasteiger charge is 2.34. The van der Waals surface area contributed by atoms with E-state index in [0.29, 0.717) is 30.6 Å². The summed E-state index contributed by atoms with van der Waals surface area (Å²) in [7, 11) is 0. The number of para-hydroxylation sites is 1. The Balaban J connectivity index is 1.31. The summed E-state index contributed by atoms with van der Waals surface area (Å²) in [6.45, 7) is 5.31. The predicted octanol–water partition coefficient (Wildman–Crippen LogP) is 4.25. The lowest BCUT2D eigenvalue weighted by atomic mass is 9.92. The second-order valence-electron chi connectivity index (χ2n) is 10.2. The number of fused-ring (bicyclic) bond motifs is 1. The molecule has 1 aromatic heterocycles. The maximum absolute atomic E-state index is 13.6. The fourth-order valence-electron chi connectivity index (χ4n) is 5.86. The van der Waals surface area contributed by atoms with Crippen LogP contribution in [0.4, 0.5) is 0 Å². The number of hydrogen-bond acceptors (Lipinski definition) is 3. The lowest BCUT2D eigenvalue weighted by Gasteiger charge is -2.37. The number of rotatable bonds is 3. The van der Waals surface area contributed by atoms with Gasteiger partial charge in [-0.1, -0.05) is 31.5 Å². The van der Waals surface area contributed by atoms with Gasteiger partial charge >= 0.3 is 0 Å². The molecule has 1 aromatic carbocycles.